The molecular weight excluding hydrogens is 246 g/mol. The minimum atomic E-state index is 0.651. The highest BCUT2D eigenvalue weighted by Gasteiger charge is 2.09. The second-order valence-corrected chi connectivity index (χ2v) is 4.54. The highest BCUT2D eigenvalue weighted by molar-refractivity contribution is 7.71. The van der Waals surface area contributed by atoms with Crippen molar-refractivity contribution in [2.24, 2.45) is 7.05 Å². The quantitative estimate of drug-likeness (QED) is 0.719. The summed E-state index contributed by atoms with van der Waals surface area (Å²) in [6.45, 7) is 2.85. The second kappa shape index (κ2) is 4.06. The molecule has 92 valence electrons. The van der Waals surface area contributed by atoms with Crippen LogP contribution in [-0.4, -0.2) is 24.3 Å². The number of aromatic amines is 1. The SMILES string of the molecule is CCn1c(-c2ccc3ncn(C)c3c2)n[nH]c1=S. The van der Waals surface area contributed by atoms with Crippen LogP contribution in [-0.2, 0) is 13.6 Å². The third-order valence-electron chi connectivity index (χ3n) is 3.06. The normalized spacial score (nSPS) is 11.2. The maximum absolute atomic E-state index is 5.20. The molecule has 5 nitrogen and oxygen atoms in total. The van der Waals surface area contributed by atoms with Gasteiger partial charge in [-0.1, -0.05) is 0 Å². The van der Waals surface area contributed by atoms with Crippen molar-refractivity contribution in [1.29, 1.82) is 0 Å². The Hall–Kier alpha value is -1.95. The topological polar surface area (TPSA) is 51.4 Å². The average molecular weight is 259 g/mol. The molecule has 0 fully saturated rings. The fraction of sp³-hybridized carbons (Fsp3) is 0.250. The van der Waals surface area contributed by atoms with E-state index in [2.05, 4.69) is 28.2 Å². The van der Waals surface area contributed by atoms with Crippen molar-refractivity contribution in [2.75, 3.05) is 0 Å². The fourth-order valence-corrected chi connectivity index (χ4v) is 2.36. The van der Waals surface area contributed by atoms with Gasteiger partial charge in [0, 0.05) is 19.2 Å². The summed E-state index contributed by atoms with van der Waals surface area (Å²) in [4.78, 5) is 4.31. The van der Waals surface area contributed by atoms with Gasteiger partial charge in [0.05, 0.1) is 17.4 Å². The smallest absolute Gasteiger partial charge is 0.195 e. The number of fused-ring (bicyclic) bond motifs is 1. The van der Waals surface area contributed by atoms with E-state index >= 15 is 0 Å². The maximum atomic E-state index is 5.20. The number of nitrogens with zero attached hydrogens (tertiary/aromatic N) is 4. The molecule has 3 rings (SSSR count). The summed E-state index contributed by atoms with van der Waals surface area (Å²) in [5.74, 6) is 0.866. The van der Waals surface area contributed by atoms with E-state index in [9.17, 15) is 0 Å². The lowest BCUT2D eigenvalue weighted by atomic mass is 10.2. The van der Waals surface area contributed by atoms with Crippen LogP contribution in [0.2, 0.25) is 0 Å². The van der Waals surface area contributed by atoms with E-state index in [4.69, 9.17) is 12.2 Å². The predicted molar refractivity (Wildman–Crippen MR) is 72.8 cm³/mol. The Morgan fingerprint density at radius 3 is 3.00 bits per heavy atom. The summed E-state index contributed by atoms with van der Waals surface area (Å²) in [5, 5.41) is 7.13. The summed E-state index contributed by atoms with van der Waals surface area (Å²) >= 11 is 5.20. The van der Waals surface area contributed by atoms with Crippen molar-refractivity contribution in [1.82, 2.24) is 24.3 Å². The zero-order valence-corrected chi connectivity index (χ0v) is 11.0. The summed E-state index contributed by atoms with van der Waals surface area (Å²) in [6, 6.07) is 6.11. The number of imidazole rings is 1. The molecule has 0 saturated carbocycles. The van der Waals surface area contributed by atoms with Gasteiger partial charge in [-0.15, -0.1) is 0 Å². The first kappa shape index (κ1) is 11.2. The van der Waals surface area contributed by atoms with Crippen molar-refractivity contribution >= 4 is 23.3 Å². The number of nitrogens with one attached hydrogen (secondary N) is 1. The molecule has 0 spiro atoms. The minimum Gasteiger partial charge on any atom is -0.334 e. The Balaban J connectivity index is 2.24. The fourth-order valence-electron chi connectivity index (χ4n) is 2.10. The first-order valence-electron chi connectivity index (χ1n) is 5.77. The van der Waals surface area contributed by atoms with Crippen molar-refractivity contribution in [3.8, 4) is 11.4 Å². The summed E-state index contributed by atoms with van der Waals surface area (Å²) < 4.78 is 4.63. The number of benzene rings is 1. The van der Waals surface area contributed by atoms with Crippen molar-refractivity contribution in [2.45, 2.75) is 13.5 Å². The molecule has 0 aliphatic heterocycles. The molecule has 0 unspecified atom stereocenters. The van der Waals surface area contributed by atoms with E-state index in [0.29, 0.717) is 4.77 Å². The second-order valence-electron chi connectivity index (χ2n) is 4.16. The number of aromatic nitrogens is 5. The Labute approximate surface area is 109 Å². The Kier molecular flexibility index (Phi) is 2.52. The molecule has 0 saturated heterocycles. The zero-order valence-electron chi connectivity index (χ0n) is 10.2. The average Bonchev–Trinajstić information content (AvgIpc) is 2.93. The number of aryl methyl sites for hydroxylation is 1. The molecule has 1 N–H and O–H groups in total. The van der Waals surface area contributed by atoms with Gasteiger partial charge in [0.25, 0.3) is 0 Å². The molecule has 2 heterocycles. The van der Waals surface area contributed by atoms with Gasteiger partial charge in [-0.3, -0.25) is 5.10 Å². The molecule has 1 aromatic carbocycles. The number of rotatable bonds is 2. The number of hydrogen-bond donors (Lipinski definition) is 1. The van der Waals surface area contributed by atoms with Crippen LogP contribution in [0, 0.1) is 4.77 Å². The van der Waals surface area contributed by atoms with Gasteiger partial charge in [0.15, 0.2) is 10.6 Å². The summed E-state index contributed by atoms with van der Waals surface area (Å²) in [6.07, 6.45) is 1.81. The van der Waals surface area contributed by atoms with Gasteiger partial charge in [-0.25, -0.2) is 4.98 Å². The highest BCUT2D eigenvalue weighted by Crippen LogP contribution is 2.22. The Morgan fingerprint density at radius 1 is 1.39 bits per heavy atom. The van der Waals surface area contributed by atoms with E-state index in [1.54, 1.807) is 0 Å². The summed E-state index contributed by atoms with van der Waals surface area (Å²) in [7, 11) is 1.98. The maximum Gasteiger partial charge on any atom is 0.195 e. The van der Waals surface area contributed by atoms with Gasteiger partial charge in [-0.05, 0) is 37.3 Å². The molecule has 0 bridgehead atoms. The van der Waals surface area contributed by atoms with E-state index in [1.807, 2.05) is 34.6 Å². The predicted octanol–water partition coefficient (Wildman–Crippen LogP) is 2.51. The molecule has 0 atom stereocenters. The van der Waals surface area contributed by atoms with Gasteiger partial charge in [0.2, 0.25) is 0 Å². The summed E-state index contributed by atoms with van der Waals surface area (Å²) in [5.41, 5.74) is 3.11. The van der Waals surface area contributed by atoms with Crippen molar-refractivity contribution < 1.29 is 0 Å². The Bertz CT molecular complexity index is 764. The lowest BCUT2D eigenvalue weighted by Gasteiger charge is -2.04. The van der Waals surface area contributed by atoms with Crippen LogP contribution < -0.4 is 0 Å². The van der Waals surface area contributed by atoms with Crippen LogP contribution in [0.3, 0.4) is 0 Å². The monoisotopic (exact) mass is 259 g/mol. The van der Waals surface area contributed by atoms with Gasteiger partial charge < -0.3 is 9.13 Å². The van der Waals surface area contributed by atoms with E-state index in [-0.39, 0.29) is 0 Å². The third-order valence-corrected chi connectivity index (χ3v) is 3.37. The van der Waals surface area contributed by atoms with Crippen LogP contribution >= 0.6 is 12.2 Å². The molecule has 2 aromatic heterocycles. The van der Waals surface area contributed by atoms with Crippen molar-refractivity contribution in [3.63, 3.8) is 0 Å². The largest absolute Gasteiger partial charge is 0.334 e. The molecule has 0 amide bonds. The number of hydrogen-bond acceptors (Lipinski definition) is 3. The zero-order chi connectivity index (χ0) is 12.7. The van der Waals surface area contributed by atoms with Gasteiger partial charge >= 0.3 is 0 Å². The molecule has 3 aromatic rings. The third kappa shape index (κ3) is 1.57. The van der Waals surface area contributed by atoms with E-state index < -0.39 is 0 Å². The minimum absolute atomic E-state index is 0.651. The molecular formula is C12H13N5S. The van der Waals surface area contributed by atoms with E-state index in [1.165, 1.54) is 0 Å². The lowest BCUT2D eigenvalue weighted by molar-refractivity contribution is 0.755. The number of H-pyrrole nitrogens is 1. The van der Waals surface area contributed by atoms with Crippen molar-refractivity contribution in [3.05, 3.63) is 29.3 Å². The first-order chi connectivity index (χ1) is 8.70. The standard InChI is InChI=1S/C12H13N5S/c1-3-17-11(14-15-12(17)18)8-4-5-9-10(6-8)16(2)7-13-9/h4-7H,3H2,1-2H3,(H,15,18). The van der Waals surface area contributed by atoms with Crippen LogP contribution in [0.15, 0.2) is 24.5 Å². The molecule has 0 radical (unpaired) electrons. The Morgan fingerprint density at radius 2 is 2.22 bits per heavy atom. The molecule has 0 aliphatic rings. The van der Waals surface area contributed by atoms with E-state index in [0.717, 1.165) is 29.0 Å². The van der Waals surface area contributed by atoms with Crippen LogP contribution in [0.5, 0.6) is 0 Å². The van der Waals surface area contributed by atoms with Crippen LogP contribution in [0.4, 0.5) is 0 Å². The first-order valence-corrected chi connectivity index (χ1v) is 6.18. The molecule has 0 aliphatic carbocycles. The molecule has 6 heteroatoms. The van der Waals surface area contributed by atoms with Crippen LogP contribution in [0.1, 0.15) is 6.92 Å². The van der Waals surface area contributed by atoms with Gasteiger partial charge in [-0.2, -0.15) is 5.10 Å². The molecule has 18 heavy (non-hydrogen) atoms. The highest BCUT2D eigenvalue weighted by atomic mass is 32.1. The van der Waals surface area contributed by atoms with Crippen LogP contribution in [0.25, 0.3) is 22.4 Å². The lowest BCUT2D eigenvalue weighted by Crippen LogP contribution is -1.97. The van der Waals surface area contributed by atoms with Gasteiger partial charge in [0.1, 0.15) is 0 Å².